The lowest BCUT2D eigenvalue weighted by atomic mass is 10.3. The smallest absolute Gasteiger partial charge is 0.261 e. The SMILES string of the molecule is O=C(Nc1ncc(Br)s1)c1ccoc1Br. The Morgan fingerprint density at radius 3 is 2.87 bits per heavy atom. The fourth-order valence-electron chi connectivity index (χ4n) is 0.932. The van der Waals surface area contributed by atoms with E-state index in [1.165, 1.54) is 17.6 Å². The first-order chi connectivity index (χ1) is 7.16. The molecule has 7 heteroatoms. The molecule has 0 spiro atoms. The Bertz CT molecular complexity index is 494. The van der Waals surface area contributed by atoms with Gasteiger partial charge in [-0.25, -0.2) is 4.98 Å². The van der Waals surface area contributed by atoms with E-state index in [0.717, 1.165) is 3.79 Å². The van der Waals surface area contributed by atoms with E-state index in [0.29, 0.717) is 15.4 Å². The van der Waals surface area contributed by atoms with Crippen molar-refractivity contribution in [3.05, 3.63) is 32.5 Å². The quantitative estimate of drug-likeness (QED) is 0.900. The first-order valence-electron chi connectivity index (χ1n) is 3.82. The van der Waals surface area contributed by atoms with Gasteiger partial charge in [-0.2, -0.15) is 0 Å². The highest BCUT2D eigenvalue weighted by Gasteiger charge is 2.13. The molecule has 0 aliphatic carbocycles. The summed E-state index contributed by atoms with van der Waals surface area (Å²) >= 11 is 7.74. The van der Waals surface area contributed by atoms with Gasteiger partial charge in [0.15, 0.2) is 9.80 Å². The molecule has 2 rings (SSSR count). The molecule has 0 unspecified atom stereocenters. The number of anilines is 1. The van der Waals surface area contributed by atoms with E-state index in [1.54, 1.807) is 12.3 Å². The van der Waals surface area contributed by atoms with Crippen LogP contribution in [-0.4, -0.2) is 10.9 Å². The van der Waals surface area contributed by atoms with Gasteiger partial charge in [0.05, 0.1) is 21.8 Å². The van der Waals surface area contributed by atoms with Crippen LogP contribution in [0.3, 0.4) is 0 Å². The van der Waals surface area contributed by atoms with Crippen LogP contribution < -0.4 is 5.32 Å². The number of rotatable bonds is 2. The summed E-state index contributed by atoms with van der Waals surface area (Å²) in [6.07, 6.45) is 3.07. The minimum Gasteiger partial charge on any atom is -0.457 e. The number of thiazole rings is 1. The summed E-state index contributed by atoms with van der Waals surface area (Å²) in [4.78, 5) is 15.6. The summed E-state index contributed by atoms with van der Waals surface area (Å²) < 4.78 is 6.24. The second kappa shape index (κ2) is 4.46. The topological polar surface area (TPSA) is 55.1 Å². The number of carbonyl (C=O) groups excluding carboxylic acids is 1. The molecule has 15 heavy (non-hydrogen) atoms. The maximum Gasteiger partial charge on any atom is 0.261 e. The Balaban J connectivity index is 2.14. The van der Waals surface area contributed by atoms with E-state index in [4.69, 9.17) is 4.42 Å². The Labute approximate surface area is 106 Å². The van der Waals surface area contributed by atoms with Crippen LogP contribution in [0.5, 0.6) is 0 Å². The van der Waals surface area contributed by atoms with Gasteiger partial charge >= 0.3 is 0 Å². The molecule has 2 aromatic heterocycles. The molecule has 78 valence electrons. The third-order valence-corrected chi connectivity index (χ3v) is 3.57. The average molecular weight is 352 g/mol. The Hall–Kier alpha value is -0.660. The molecule has 0 bridgehead atoms. The Kier molecular flexibility index (Phi) is 3.22. The van der Waals surface area contributed by atoms with Crippen molar-refractivity contribution in [1.29, 1.82) is 0 Å². The molecule has 2 aromatic rings. The van der Waals surface area contributed by atoms with Gasteiger partial charge in [0.1, 0.15) is 0 Å². The van der Waals surface area contributed by atoms with E-state index < -0.39 is 0 Å². The summed E-state index contributed by atoms with van der Waals surface area (Å²) in [7, 11) is 0. The van der Waals surface area contributed by atoms with Crippen LogP contribution in [0.15, 0.2) is 31.4 Å². The molecule has 0 atom stereocenters. The third-order valence-electron chi connectivity index (χ3n) is 1.56. The van der Waals surface area contributed by atoms with Crippen LogP contribution in [0.25, 0.3) is 0 Å². The van der Waals surface area contributed by atoms with Crippen molar-refractivity contribution in [1.82, 2.24) is 4.98 Å². The number of nitrogens with one attached hydrogen (secondary N) is 1. The predicted molar refractivity (Wildman–Crippen MR) is 64.2 cm³/mol. The number of amides is 1. The van der Waals surface area contributed by atoms with Crippen molar-refractivity contribution in [2.45, 2.75) is 0 Å². The van der Waals surface area contributed by atoms with Crippen LogP contribution >= 0.6 is 43.2 Å². The fourth-order valence-corrected chi connectivity index (χ4v) is 2.45. The Morgan fingerprint density at radius 1 is 1.53 bits per heavy atom. The molecule has 0 saturated carbocycles. The van der Waals surface area contributed by atoms with Crippen LogP contribution in [0.4, 0.5) is 5.13 Å². The van der Waals surface area contributed by atoms with E-state index in [-0.39, 0.29) is 5.91 Å². The number of aromatic nitrogens is 1. The van der Waals surface area contributed by atoms with Gasteiger partial charge in [0.25, 0.3) is 5.91 Å². The first kappa shape index (κ1) is 10.8. The zero-order valence-electron chi connectivity index (χ0n) is 7.16. The molecule has 0 radical (unpaired) electrons. The van der Waals surface area contributed by atoms with Gasteiger partial charge in [0.2, 0.25) is 0 Å². The number of hydrogen-bond acceptors (Lipinski definition) is 4. The van der Waals surface area contributed by atoms with Crippen LogP contribution in [-0.2, 0) is 0 Å². The molecule has 2 heterocycles. The van der Waals surface area contributed by atoms with Crippen molar-refractivity contribution >= 4 is 54.2 Å². The van der Waals surface area contributed by atoms with Crippen LogP contribution in [0.1, 0.15) is 10.4 Å². The van der Waals surface area contributed by atoms with Gasteiger partial charge < -0.3 is 4.42 Å². The van der Waals surface area contributed by atoms with Crippen molar-refractivity contribution in [3.63, 3.8) is 0 Å². The highest BCUT2D eigenvalue weighted by Crippen LogP contribution is 2.25. The monoisotopic (exact) mass is 350 g/mol. The van der Waals surface area contributed by atoms with Crippen molar-refractivity contribution in [2.24, 2.45) is 0 Å². The van der Waals surface area contributed by atoms with Crippen molar-refractivity contribution < 1.29 is 9.21 Å². The number of nitrogens with zero attached hydrogens (tertiary/aromatic N) is 1. The molecular weight excluding hydrogens is 348 g/mol. The molecule has 1 amide bonds. The molecule has 0 aromatic carbocycles. The van der Waals surface area contributed by atoms with Gasteiger partial charge in [-0.3, -0.25) is 10.1 Å². The number of carbonyl (C=O) groups is 1. The van der Waals surface area contributed by atoms with Crippen LogP contribution in [0.2, 0.25) is 0 Å². The first-order valence-corrected chi connectivity index (χ1v) is 6.23. The van der Waals surface area contributed by atoms with Crippen molar-refractivity contribution in [3.8, 4) is 0 Å². The minimum absolute atomic E-state index is 0.252. The summed E-state index contributed by atoms with van der Waals surface area (Å²) in [5.74, 6) is -0.252. The summed E-state index contributed by atoms with van der Waals surface area (Å²) in [6.45, 7) is 0. The fraction of sp³-hybridized carbons (Fsp3) is 0. The van der Waals surface area contributed by atoms with E-state index in [9.17, 15) is 4.79 Å². The predicted octanol–water partition coefficient (Wildman–Crippen LogP) is 3.51. The van der Waals surface area contributed by atoms with E-state index >= 15 is 0 Å². The maximum absolute atomic E-state index is 11.7. The molecule has 1 N–H and O–H groups in total. The highest BCUT2D eigenvalue weighted by molar-refractivity contribution is 9.11. The largest absolute Gasteiger partial charge is 0.457 e. The summed E-state index contributed by atoms with van der Waals surface area (Å²) in [5.41, 5.74) is 0.446. The molecule has 0 aliphatic rings. The van der Waals surface area contributed by atoms with Gasteiger partial charge in [-0.1, -0.05) is 11.3 Å². The minimum atomic E-state index is -0.252. The zero-order valence-corrected chi connectivity index (χ0v) is 11.1. The number of halogens is 2. The second-order valence-corrected chi connectivity index (χ2v) is 5.66. The highest BCUT2D eigenvalue weighted by atomic mass is 79.9. The maximum atomic E-state index is 11.7. The van der Waals surface area contributed by atoms with Gasteiger partial charge in [-0.05, 0) is 37.9 Å². The molecule has 0 fully saturated rings. The molecule has 4 nitrogen and oxygen atoms in total. The molecule has 0 saturated heterocycles. The lowest BCUT2D eigenvalue weighted by Crippen LogP contribution is -2.10. The Morgan fingerprint density at radius 2 is 2.33 bits per heavy atom. The molecule has 0 aliphatic heterocycles. The van der Waals surface area contributed by atoms with E-state index in [1.807, 2.05) is 0 Å². The average Bonchev–Trinajstić information content (AvgIpc) is 2.75. The lowest BCUT2D eigenvalue weighted by Gasteiger charge is -1.97. The third kappa shape index (κ3) is 2.47. The normalized spacial score (nSPS) is 10.3. The summed E-state index contributed by atoms with van der Waals surface area (Å²) in [6, 6.07) is 1.59. The lowest BCUT2D eigenvalue weighted by molar-refractivity contribution is 0.102. The zero-order chi connectivity index (χ0) is 10.8. The molecular formula is C8H4Br2N2O2S. The standard InChI is InChI=1S/C8H4Br2N2O2S/c9-5-3-11-8(15-5)12-7(13)4-1-2-14-6(4)10/h1-3H,(H,11,12,13). The van der Waals surface area contributed by atoms with Gasteiger partial charge in [0, 0.05) is 0 Å². The van der Waals surface area contributed by atoms with Crippen LogP contribution in [0, 0.1) is 0 Å². The van der Waals surface area contributed by atoms with Crippen molar-refractivity contribution in [2.75, 3.05) is 5.32 Å². The van der Waals surface area contributed by atoms with E-state index in [2.05, 4.69) is 42.2 Å². The summed E-state index contributed by atoms with van der Waals surface area (Å²) in [5, 5.41) is 3.20. The number of furan rings is 1. The second-order valence-electron chi connectivity index (χ2n) is 2.53. The van der Waals surface area contributed by atoms with Gasteiger partial charge in [-0.15, -0.1) is 0 Å². The number of hydrogen-bond donors (Lipinski definition) is 1.